The molecule has 3 aromatic heterocycles. The van der Waals surface area contributed by atoms with Crippen LogP contribution in [0, 0.1) is 12.7 Å². The number of benzene rings is 2. The average molecular weight is 535 g/mol. The van der Waals surface area contributed by atoms with Crippen LogP contribution >= 0.6 is 15.9 Å². The summed E-state index contributed by atoms with van der Waals surface area (Å²) in [5.74, 6) is -0.538. The number of Topliss-reactive ketones (excluding diaryl/α,β-unsaturated/α-hetero) is 1. The van der Waals surface area contributed by atoms with Gasteiger partial charge in [0.1, 0.15) is 11.1 Å². The lowest BCUT2D eigenvalue weighted by Gasteiger charge is -2.10. The van der Waals surface area contributed by atoms with Crippen molar-refractivity contribution in [1.82, 2.24) is 19.0 Å². The average Bonchev–Trinajstić information content (AvgIpc) is 3.33. The van der Waals surface area contributed by atoms with Gasteiger partial charge in [-0.2, -0.15) is 5.10 Å². The van der Waals surface area contributed by atoms with Crippen LogP contribution in [0.4, 0.5) is 4.39 Å². The van der Waals surface area contributed by atoms with Gasteiger partial charge in [-0.05, 0) is 58.7 Å². The van der Waals surface area contributed by atoms with Crippen molar-refractivity contribution in [3.8, 4) is 17.2 Å². The van der Waals surface area contributed by atoms with Crippen LogP contribution in [0.15, 0.2) is 82.3 Å². The number of rotatable bonds is 6. The first-order chi connectivity index (χ1) is 16.8. The summed E-state index contributed by atoms with van der Waals surface area (Å²) in [6, 6.07) is 16.9. The number of para-hydroxylation sites is 1. The minimum Gasteiger partial charge on any atom is -0.452 e. The highest BCUT2D eigenvalue weighted by molar-refractivity contribution is 9.10. The first kappa shape index (κ1) is 22.8. The normalized spacial score (nSPS) is 11.2. The number of ketones is 1. The molecule has 0 aliphatic carbocycles. The molecule has 0 N–H and O–H groups in total. The highest BCUT2D eigenvalue weighted by atomic mass is 79.9. The van der Waals surface area contributed by atoms with Crippen LogP contribution in [0.2, 0.25) is 0 Å². The Balaban J connectivity index is 1.41. The maximum atomic E-state index is 14.9. The SMILES string of the molecule is Cc1c(C(=O)Cc2ccc(Oc3ccnn4ccc(Br)c34)c(F)c2)c(=O)n(-c2ccccc2)n1C. The van der Waals surface area contributed by atoms with E-state index in [2.05, 4.69) is 21.0 Å². The molecule has 0 saturated heterocycles. The third kappa shape index (κ3) is 4.08. The Morgan fingerprint density at radius 3 is 2.60 bits per heavy atom. The molecule has 3 heterocycles. The van der Waals surface area contributed by atoms with Crippen LogP contribution in [0.5, 0.6) is 11.5 Å². The zero-order chi connectivity index (χ0) is 24.7. The maximum Gasteiger partial charge on any atom is 0.282 e. The summed E-state index contributed by atoms with van der Waals surface area (Å²) >= 11 is 3.44. The molecule has 5 rings (SSSR count). The van der Waals surface area contributed by atoms with Crippen molar-refractivity contribution in [2.45, 2.75) is 13.3 Å². The Morgan fingerprint density at radius 2 is 1.86 bits per heavy atom. The van der Waals surface area contributed by atoms with Gasteiger partial charge in [0.15, 0.2) is 23.1 Å². The van der Waals surface area contributed by atoms with Gasteiger partial charge in [-0.15, -0.1) is 0 Å². The van der Waals surface area contributed by atoms with E-state index >= 15 is 0 Å². The number of carbonyl (C=O) groups is 1. The topological polar surface area (TPSA) is 70.5 Å². The van der Waals surface area contributed by atoms with E-state index in [-0.39, 0.29) is 23.5 Å². The minimum atomic E-state index is -0.612. The molecule has 0 bridgehead atoms. The Bertz CT molecular complexity index is 1640. The number of aromatic nitrogens is 4. The van der Waals surface area contributed by atoms with Crippen molar-refractivity contribution in [1.29, 1.82) is 0 Å². The summed E-state index contributed by atoms with van der Waals surface area (Å²) in [5, 5.41) is 4.19. The molecule has 0 saturated carbocycles. The molecule has 0 aliphatic rings. The lowest BCUT2D eigenvalue weighted by atomic mass is 10.0. The lowest BCUT2D eigenvalue weighted by molar-refractivity contribution is 0.0991. The van der Waals surface area contributed by atoms with Gasteiger partial charge in [0.05, 0.1) is 11.9 Å². The minimum absolute atomic E-state index is 0.0183. The summed E-state index contributed by atoms with van der Waals surface area (Å²) in [6.45, 7) is 1.72. The number of ether oxygens (including phenoxy) is 1. The predicted molar refractivity (Wildman–Crippen MR) is 133 cm³/mol. The maximum absolute atomic E-state index is 14.9. The molecule has 2 aromatic carbocycles. The summed E-state index contributed by atoms with van der Waals surface area (Å²) in [4.78, 5) is 26.2. The van der Waals surface area contributed by atoms with Gasteiger partial charge in [0, 0.05) is 35.9 Å². The largest absolute Gasteiger partial charge is 0.452 e. The Hall–Kier alpha value is -3.98. The van der Waals surface area contributed by atoms with E-state index in [0.29, 0.717) is 28.2 Å². The van der Waals surface area contributed by atoms with Crippen LogP contribution < -0.4 is 10.3 Å². The first-order valence-corrected chi connectivity index (χ1v) is 11.6. The van der Waals surface area contributed by atoms with Crippen LogP contribution in [0.3, 0.4) is 0 Å². The number of fused-ring (bicyclic) bond motifs is 1. The number of carbonyl (C=O) groups excluding carboxylic acids is 1. The molecule has 9 heteroatoms. The number of hydrogen-bond donors (Lipinski definition) is 0. The van der Waals surface area contributed by atoms with E-state index in [0.717, 1.165) is 4.47 Å². The molecule has 0 spiro atoms. The van der Waals surface area contributed by atoms with Crippen molar-refractivity contribution >= 4 is 27.2 Å². The zero-order valence-corrected chi connectivity index (χ0v) is 20.5. The summed E-state index contributed by atoms with van der Waals surface area (Å²) in [7, 11) is 1.73. The fraction of sp³-hybridized carbons (Fsp3) is 0.115. The van der Waals surface area contributed by atoms with Gasteiger partial charge in [-0.1, -0.05) is 24.3 Å². The molecule has 35 heavy (non-hydrogen) atoms. The number of nitrogens with zero attached hydrogens (tertiary/aromatic N) is 4. The number of hydrogen-bond acceptors (Lipinski definition) is 4. The molecule has 0 atom stereocenters. The van der Waals surface area contributed by atoms with E-state index in [1.165, 1.54) is 16.8 Å². The van der Waals surface area contributed by atoms with E-state index in [1.807, 2.05) is 24.3 Å². The third-order valence-electron chi connectivity index (χ3n) is 5.88. The quantitative estimate of drug-likeness (QED) is 0.279. The van der Waals surface area contributed by atoms with Gasteiger partial charge in [0.25, 0.3) is 5.56 Å². The third-order valence-corrected chi connectivity index (χ3v) is 6.52. The second kappa shape index (κ2) is 8.99. The van der Waals surface area contributed by atoms with Crippen molar-refractivity contribution in [2.75, 3.05) is 0 Å². The second-order valence-electron chi connectivity index (χ2n) is 8.06. The summed E-state index contributed by atoms with van der Waals surface area (Å²) in [6.07, 6.45) is 3.20. The van der Waals surface area contributed by atoms with Gasteiger partial charge >= 0.3 is 0 Å². The van der Waals surface area contributed by atoms with Crippen molar-refractivity contribution in [3.63, 3.8) is 0 Å². The van der Waals surface area contributed by atoms with Crippen LogP contribution in [-0.4, -0.2) is 24.8 Å². The highest BCUT2D eigenvalue weighted by Gasteiger charge is 2.22. The van der Waals surface area contributed by atoms with E-state index in [1.54, 1.807) is 59.8 Å². The Kier molecular flexibility index (Phi) is 5.86. The number of halogens is 2. The molecule has 0 aliphatic heterocycles. The zero-order valence-electron chi connectivity index (χ0n) is 18.9. The summed E-state index contributed by atoms with van der Waals surface area (Å²) in [5.41, 5.74) is 2.01. The van der Waals surface area contributed by atoms with E-state index < -0.39 is 11.4 Å². The van der Waals surface area contributed by atoms with Crippen LogP contribution in [0.25, 0.3) is 11.2 Å². The van der Waals surface area contributed by atoms with E-state index in [4.69, 9.17) is 4.74 Å². The van der Waals surface area contributed by atoms with Crippen molar-refractivity contribution in [2.24, 2.45) is 7.05 Å². The molecule has 7 nitrogen and oxygen atoms in total. The monoisotopic (exact) mass is 534 g/mol. The van der Waals surface area contributed by atoms with Crippen LogP contribution in [-0.2, 0) is 13.5 Å². The molecule has 5 aromatic rings. The van der Waals surface area contributed by atoms with Gasteiger partial charge in [-0.3, -0.25) is 14.3 Å². The molecule has 0 radical (unpaired) electrons. The lowest BCUT2D eigenvalue weighted by Crippen LogP contribution is -2.23. The summed E-state index contributed by atoms with van der Waals surface area (Å²) < 4.78 is 26.2. The van der Waals surface area contributed by atoms with Gasteiger partial charge < -0.3 is 4.74 Å². The smallest absolute Gasteiger partial charge is 0.282 e. The molecule has 176 valence electrons. The van der Waals surface area contributed by atoms with Crippen LogP contribution in [0.1, 0.15) is 21.6 Å². The van der Waals surface area contributed by atoms with Crippen molar-refractivity contribution in [3.05, 3.63) is 111 Å². The van der Waals surface area contributed by atoms with E-state index in [9.17, 15) is 14.0 Å². The second-order valence-corrected chi connectivity index (χ2v) is 8.91. The molecule has 0 fully saturated rings. The van der Waals surface area contributed by atoms with Gasteiger partial charge in [0.2, 0.25) is 0 Å². The molecule has 0 unspecified atom stereocenters. The first-order valence-electron chi connectivity index (χ1n) is 10.8. The van der Waals surface area contributed by atoms with Crippen molar-refractivity contribution < 1.29 is 13.9 Å². The Labute approximate surface area is 208 Å². The molecular weight excluding hydrogens is 515 g/mol. The predicted octanol–water partition coefficient (Wildman–Crippen LogP) is 5.25. The molecule has 0 amide bonds. The fourth-order valence-corrected chi connectivity index (χ4v) is 4.57. The van der Waals surface area contributed by atoms with Gasteiger partial charge in [-0.25, -0.2) is 13.6 Å². The Morgan fingerprint density at radius 1 is 1.09 bits per heavy atom. The standard InChI is InChI=1S/C26H20BrFN4O3/c1-16-24(26(34)32(30(16)2)18-6-4-3-5-7-18)21(33)15-17-8-9-22(20(28)14-17)35-23-10-12-29-31-13-11-19(27)25(23)31/h3-14H,15H2,1-2H3. The fourth-order valence-electron chi connectivity index (χ4n) is 4.08. The highest BCUT2D eigenvalue weighted by Crippen LogP contribution is 2.32. The molecular formula is C26H20BrFN4O3.